The summed E-state index contributed by atoms with van der Waals surface area (Å²) in [5.41, 5.74) is 0.810. The zero-order chi connectivity index (χ0) is 12.8. The maximum absolute atomic E-state index is 5.50. The van der Waals surface area contributed by atoms with Crippen LogP contribution in [-0.4, -0.2) is 21.7 Å². The maximum atomic E-state index is 5.50. The van der Waals surface area contributed by atoms with Crippen LogP contribution in [0.15, 0.2) is 29.2 Å². The Bertz CT molecular complexity index is 471. The summed E-state index contributed by atoms with van der Waals surface area (Å²) < 4.78 is 10.2. The third-order valence-electron chi connectivity index (χ3n) is 2.12. The lowest BCUT2D eigenvalue weighted by molar-refractivity contribution is 0.260. The van der Waals surface area contributed by atoms with E-state index in [1.165, 1.54) is 6.26 Å². The first-order chi connectivity index (χ1) is 8.74. The molecule has 2 rings (SSSR count). The number of hydrogen-bond acceptors (Lipinski definition) is 6. The van der Waals surface area contributed by atoms with E-state index in [4.69, 9.17) is 9.26 Å². The smallest absolute Gasteiger partial charge is 0.234 e. The van der Waals surface area contributed by atoms with Crippen molar-refractivity contribution in [3.05, 3.63) is 30.4 Å². The van der Waals surface area contributed by atoms with Crippen molar-refractivity contribution < 1.29 is 9.26 Å². The zero-order valence-electron chi connectivity index (χ0n) is 10.5. The van der Waals surface area contributed by atoms with Crippen molar-refractivity contribution >= 4 is 5.82 Å². The average Bonchev–Trinajstić information content (AvgIpc) is 2.87. The molecule has 1 N–H and O–H groups in total. The predicted molar refractivity (Wildman–Crippen MR) is 66.2 cm³/mol. The molecule has 96 valence electrons. The second kappa shape index (κ2) is 6.00. The fraction of sp³-hybridized carbons (Fsp3) is 0.417. The molecule has 0 aliphatic rings. The third-order valence-corrected chi connectivity index (χ3v) is 2.12. The molecule has 0 radical (unpaired) electrons. The number of rotatable bonds is 6. The van der Waals surface area contributed by atoms with Crippen molar-refractivity contribution in [2.45, 2.75) is 20.4 Å². The van der Waals surface area contributed by atoms with Crippen LogP contribution in [0.4, 0.5) is 5.82 Å². The van der Waals surface area contributed by atoms with E-state index in [0.717, 1.165) is 5.69 Å². The van der Waals surface area contributed by atoms with Gasteiger partial charge in [0.05, 0.1) is 25.5 Å². The molecule has 0 saturated heterocycles. The third kappa shape index (κ3) is 3.73. The lowest BCUT2D eigenvalue weighted by Crippen LogP contribution is -2.07. The van der Waals surface area contributed by atoms with E-state index < -0.39 is 0 Å². The van der Waals surface area contributed by atoms with Crippen LogP contribution in [0, 0.1) is 5.92 Å². The second-order valence-corrected chi connectivity index (χ2v) is 4.29. The molecule has 0 amide bonds. The molecule has 2 heterocycles. The largest absolute Gasteiger partial charge is 0.476 e. The Morgan fingerprint density at radius 3 is 3.00 bits per heavy atom. The Hall–Kier alpha value is -2.11. The summed E-state index contributed by atoms with van der Waals surface area (Å²) in [5, 5.41) is 6.90. The van der Waals surface area contributed by atoms with E-state index in [1.807, 2.05) is 0 Å². The summed E-state index contributed by atoms with van der Waals surface area (Å²) in [5.74, 6) is 1.63. The van der Waals surface area contributed by atoms with Crippen molar-refractivity contribution in [3.63, 3.8) is 0 Å². The van der Waals surface area contributed by atoms with Crippen LogP contribution in [0.2, 0.25) is 0 Å². The van der Waals surface area contributed by atoms with E-state index in [9.17, 15) is 0 Å². The Balaban J connectivity index is 1.90. The first kappa shape index (κ1) is 12.3. The molecule has 0 aromatic carbocycles. The van der Waals surface area contributed by atoms with E-state index in [2.05, 4.69) is 34.3 Å². The molecule has 0 bridgehead atoms. The summed E-state index contributed by atoms with van der Waals surface area (Å²) in [7, 11) is 0. The van der Waals surface area contributed by atoms with Crippen LogP contribution in [0.5, 0.6) is 5.88 Å². The number of anilines is 1. The Morgan fingerprint density at radius 2 is 2.28 bits per heavy atom. The first-order valence-electron chi connectivity index (χ1n) is 5.82. The highest BCUT2D eigenvalue weighted by Crippen LogP contribution is 2.11. The lowest BCUT2D eigenvalue weighted by Gasteiger charge is -2.08. The van der Waals surface area contributed by atoms with Gasteiger partial charge in [-0.25, -0.2) is 0 Å². The molecule has 2 aromatic heterocycles. The number of aromatic nitrogens is 3. The quantitative estimate of drug-likeness (QED) is 0.844. The highest BCUT2D eigenvalue weighted by molar-refractivity contribution is 5.33. The number of nitrogens with zero attached hydrogens (tertiary/aromatic N) is 3. The van der Waals surface area contributed by atoms with Gasteiger partial charge >= 0.3 is 0 Å². The molecule has 0 aliphatic carbocycles. The monoisotopic (exact) mass is 248 g/mol. The predicted octanol–water partition coefficient (Wildman–Crippen LogP) is 2.11. The molecular weight excluding hydrogens is 232 g/mol. The number of ether oxygens (including phenoxy) is 1. The second-order valence-electron chi connectivity index (χ2n) is 4.29. The minimum Gasteiger partial charge on any atom is -0.476 e. The molecule has 0 saturated carbocycles. The molecule has 2 aromatic rings. The molecule has 0 unspecified atom stereocenters. The minimum absolute atomic E-state index is 0.457. The van der Waals surface area contributed by atoms with Crippen LogP contribution in [0.3, 0.4) is 0 Å². The van der Waals surface area contributed by atoms with Gasteiger partial charge < -0.3 is 14.6 Å². The fourth-order valence-corrected chi connectivity index (χ4v) is 1.26. The van der Waals surface area contributed by atoms with E-state index in [0.29, 0.717) is 30.8 Å². The topological polar surface area (TPSA) is 73.1 Å². The molecule has 18 heavy (non-hydrogen) atoms. The molecule has 0 spiro atoms. The first-order valence-corrected chi connectivity index (χ1v) is 5.82. The number of nitrogens with one attached hydrogen (secondary N) is 1. The average molecular weight is 248 g/mol. The van der Waals surface area contributed by atoms with Crippen molar-refractivity contribution in [1.82, 2.24) is 15.1 Å². The highest BCUT2D eigenvalue weighted by atomic mass is 16.5. The summed E-state index contributed by atoms with van der Waals surface area (Å²) in [6, 6.07) is 1.79. The lowest BCUT2D eigenvalue weighted by atomic mass is 10.2. The zero-order valence-corrected chi connectivity index (χ0v) is 10.5. The van der Waals surface area contributed by atoms with Crippen LogP contribution >= 0.6 is 0 Å². The van der Waals surface area contributed by atoms with E-state index in [1.54, 1.807) is 18.5 Å². The van der Waals surface area contributed by atoms with Crippen molar-refractivity contribution in [3.8, 4) is 5.88 Å². The van der Waals surface area contributed by atoms with Crippen LogP contribution in [0.1, 0.15) is 19.5 Å². The molecule has 0 atom stereocenters. The highest BCUT2D eigenvalue weighted by Gasteiger charge is 2.02. The van der Waals surface area contributed by atoms with Crippen molar-refractivity contribution in [2.24, 2.45) is 5.92 Å². The van der Waals surface area contributed by atoms with Gasteiger partial charge in [0.2, 0.25) is 5.88 Å². The summed E-state index contributed by atoms with van der Waals surface area (Å²) in [6.45, 7) is 5.33. The van der Waals surface area contributed by atoms with Crippen molar-refractivity contribution in [2.75, 3.05) is 11.9 Å². The Kier molecular flexibility index (Phi) is 4.11. The van der Waals surface area contributed by atoms with Crippen LogP contribution < -0.4 is 10.1 Å². The Morgan fingerprint density at radius 1 is 1.39 bits per heavy atom. The van der Waals surface area contributed by atoms with Gasteiger partial charge in [0.25, 0.3) is 0 Å². The summed E-state index contributed by atoms with van der Waals surface area (Å²) in [6.07, 6.45) is 4.77. The minimum atomic E-state index is 0.457. The molecule has 0 aliphatic heterocycles. The summed E-state index contributed by atoms with van der Waals surface area (Å²) >= 11 is 0. The van der Waals surface area contributed by atoms with Gasteiger partial charge in [-0.1, -0.05) is 19.0 Å². The molecule has 0 fully saturated rings. The van der Waals surface area contributed by atoms with Crippen molar-refractivity contribution in [1.29, 1.82) is 0 Å². The van der Waals surface area contributed by atoms with E-state index in [-0.39, 0.29) is 0 Å². The Labute approximate surface area is 105 Å². The van der Waals surface area contributed by atoms with Gasteiger partial charge in [-0.15, -0.1) is 0 Å². The SMILES string of the molecule is CC(C)COc1cncc(NCc2ccon2)n1. The van der Waals surface area contributed by atoms with Gasteiger partial charge in [-0.2, -0.15) is 4.98 Å². The molecular formula is C12H16N4O2. The van der Waals surface area contributed by atoms with Gasteiger partial charge in [-0.3, -0.25) is 4.98 Å². The van der Waals surface area contributed by atoms with Crippen LogP contribution in [0.25, 0.3) is 0 Å². The maximum Gasteiger partial charge on any atom is 0.234 e. The van der Waals surface area contributed by atoms with Gasteiger partial charge in [-0.05, 0) is 5.92 Å². The summed E-state index contributed by atoms with van der Waals surface area (Å²) in [4.78, 5) is 8.36. The normalized spacial score (nSPS) is 10.6. The molecule has 6 nitrogen and oxygen atoms in total. The van der Waals surface area contributed by atoms with E-state index >= 15 is 0 Å². The van der Waals surface area contributed by atoms with Gasteiger partial charge in [0, 0.05) is 6.07 Å². The standard InChI is InChI=1S/C12H16N4O2/c1-9(2)8-17-12-7-13-6-11(15-12)14-5-10-3-4-18-16-10/h3-4,6-7,9H,5,8H2,1-2H3,(H,14,15). The van der Waals surface area contributed by atoms with Gasteiger partial charge in [0.1, 0.15) is 17.8 Å². The fourth-order valence-electron chi connectivity index (χ4n) is 1.26. The van der Waals surface area contributed by atoms with Crippen LogP contribution in [-0.2, 0) is 6.54 Å². The van der Waals surface area contributed by atoms with Gasteiger partial charge in [0.15, 0.2) is 0 Å². The number of hydrogen-bond donors (Lipinski definition) is 1. The molecule has 6 heteroatoms.